The molecule has 3 aromatic carbocycles. The Morgan fingerprint density at radius 3 is 2.22 bits per heavy atom. The maximum Gasteiger partial charge on any atom is 0.221 e. The smallest absolute Gasteiger partial charge is 0.221 e. The minimum atomic E-state index is -0.0319. The maximum absolute atomic E-state index is 13.1. The highest BCUT2D eigenvalue weighted by Gasteiger charge is 2.23. The molecule has 0 aliphatic carbocycles. The van der Waals surface area contributed by atoms with Gasteiger partial charge in [0.25, 0.3) is 0 Å². The Morgan fingerprint density at radius 1 is 0.875 bits per heavy atom. The fraction of sp³-hybridized carbons (Fsp3) is 0.276. The van der Waals surface area contributed by atoms with Crippen molar-refractivity contribution in [1.29, 1.82) is 0 Å². The number of aromatic amines is 1. The first-order valence-corrected chi connectivity index (χ1v) is 11.3. The van der Waals surface area contributed by atoms with Crippen molar-refractivity contribution in [1.82, 2.24) is 10.3 Å². The highest BCUT2D eigenvalue weighted by Crippen LogP contribution is 2.35. The molecule has 32 heavy (non-hydrogen) atoms. The molecule has 0 fully saturated rings. The number of hydrogen-bond donors (Lipinski definition) is 2. The van der Waals surface area contributed by atoms with Crippen LogP contribution in [-0.2, 0) is 10.2 Å². The number of H-pyrrole nitrogens is 1. The van der Waals surface area contributed by atoms with Crippen molar-refractivity contribution in [2.45, 2.75) is 51.5 Å². The SMILES string of the molecule is CC(NC(=O)CC(c1ccc(C(C)(C)C)cc1)c1c[nH]c2ccccc12)c1ccccc1. The first kappa shape index (κ1) is 21.9. The average Bonchev–Trinajstić information content (AvgIpc) is 3.21. The Kier molecular flexibility index (Phi) is 6.18. The zero-order valence-electron chi connectivity index (χ0n) is 19.4. The highest BCUT2D eigenvalue weighted by molar-refractivity contribution is 5.86. The first-order chi connectivity index (χ1) is 15.3. The third-order valence-corrected chi connectivity index (χ3v) is 6.24. The van der Waals surface area contributed by atoms with E-state index < -0.39 is 0 Å². The fourth-order valence-corrected chi connectivity index (χ4v) is 4.32. The second-order valence-corrected chi connectivity index (χ2v) is 9.62. The lowest BCUT2D eigenvalue weighted by Gasteiger charge is -2.22. The molecule has 3 heteroatoms. The molecule has 0 aliphatic rings. The van der Waals surface area contributed by atoms with Crippen molar-refractivity contribution >= 4 is 16.8 Å². The van der Waals surface area contributed by atoms with E-state index in [2.05, 4.69) is 79.7 Å². The van der Waals surface area contributed by atoms with Gasteiger partial charge in [-0.25, -0.2) is 0 Å². The van der Waals surface area contributed by atoms with Gasteiger partial charge in [0.05, 0.1) is 6.04 Å². The van der Waals surface area contributed by atoms with E-state index in [0.29, 0.717) is 6.42 Å². The van der Waals surface area contributed by atoms with Crippen LogP contribution < -0.4 is 5.32 Å². The number of aromatic nitrogens is 1. The molecule has 0 saturated heterocycles. The molecule has 3 nitrogen and oxygen atoms in total. The molecule has 4 rings (SSSR count). The van der Waals surface area contributed by atoms with Crippen LogP contribution in [0.2, 0.25) is 0 Å². The molecule has 1 heterocycles. The Morgan fingerprint density at radius 2 is 1.53 bits per heavy atom. The van der Waals surface area contributed by atoms with Gasteiger partial charge in [-0.05, 0) is 40.7 Å². The van der Waals surface area contributed by atoms with E-state index >= 15 is 0 Å². The second kappa shape index (κ2) is 9.04. The van der Waals surface area contributed by atoms with E-state index in [1.807, 2.05) is 43.3 Å². The van der Waals surface area contributed by atoms with Crippen LogP contribution in [0.3, 0.4) is 0 Å². The van der Waals surface area contributed by atoms with Gasteiger partial charge in [-0.2, -0.15) is 0 Å². The molecule has 1 amide bonds. The summed E-state index contributed by atoms with van der Waals surface area (Å²) in [5.74, 6) is 0.0275. The van der Waals surface area contributed by atoms with Crippen molar-refractivity contribution < 1.29 is 4.79 Å². The number of para-hydroxylation sites is 1. The number of hydrogen-bond acceptors (Lipinski definition) is 1. The summed E-state index contributed by atoms with van der Waals surface area (Å²) in [5, 5.41) is 4.36. The molecule has 0 aliphatic heterocycles. The van der Waals surface area contributed by atoms with Crippen molar-refractivity contribution in [3.63, 3.8) is 0 Å². The predicted octanol–water partition coefficient (Wildman–Crippen LogP) is 6.86. The number of benzene rings is 3. The molecule has 164 valence electrons. The summed E-state index contributed by atoms with van der Waals surface area (Å²) in [4.78, 5) is 16.5. The van der Waals surface area contributed by atoms with Gasteiger partial charge in [-0.1, -0.05) is 93.6 Å². The maximum atomic E-state index is 13.1. The summed E-state index contributed by atoms with van der Waals surface area (Å²) < 4.78 is 0. The first-order valence-electron chi connectivity index (χ1n) is 11.3. The lowest BCUT2D eigenvalue weighted by Crippen LogP contribution is -2.28. The number of amides is 1. The third-order valence-electron chi connectivity index (χ3n) is 6.24. The third kappa shape index (κ3) is 4.77. The van der Waals surface area contributed by atoms with Gasteiger partial charge in [0.15, 0.2) is 0 Å². The minimum Gasteiger partial charge on any atom is -0.361 e. The predicted molar refractivity (Wildman–Crippen MR) is 133 cm³/mol. The van der Waals surface area contributed by atoms with Gasteiger partial charge >= 0.3 is 0 Å². The van der Waals surface area contributed by atoms with Crippen molar-refractivity contribution in [2.75, 3.05) is 0 Å². The number of nitrogens with one attached hydrogen (secondary N) is 2. The standard InChI is InChI=1S/C29H32N2O/c1-20(21-10-6-5-7-11-21)31-28(32)18-25(22-14-16-23(17-15-22)29(2,3)4)26-19-30-27-13-9-8-12-24(26)27/h5-17,19-20,25,30H,18H2,1-4H3,(H,31,32). The molecular weight excluding hydrogens is 392 g/mol. The van der Waals surface area contributed by atoms with Crippen LogP contribution in [0.15, 0.2) is 85.1 Å². The van der Waals surface area contributed by atoms with Gasteiger partial charge in [0, 0.05) is 29.4 Å². The fourth-order valence-electron chi connectivity index (χ4n) is 4.32. The lowest BCUT2D eigenvalue weighted by atomic mass is 9.83. The summed E-state index contributed by atoms with van der Waals surface area (Å²) in [5.41, 5.74) is 5.91. The Labute approximate surface area is 190 Å². The van der Waals surface area contributed by atoms with E-state index in [1.165, 1.54) is 10.9 Å². The molecule has 2 unspecified atom stereocenters. The summed E-state index contributed by atoms with van der Waals surface area (Å²) in [6.07, 6.45) is 2.45. The van der Waals surface area contributed by atoms with Crippen LogP contribution in [-0.4, -0.2) is 10.9 Å². The zero-order valence-corrected chi connectivity index (χ0v) is 19.4. The number of fused-ring (bicyclic) bond motifs is 1. The van der Waals surface area contributed by atoms with Gasteiger partial charge < -0.3 is 10.3 Å². The van der Waals surface area contributed by atoms with Crippen molar-refractivity contribution in [3.8, 4) is 0 Å². The minimum absolute atomic E-state index is 0.0249. The molecule has 0 spiro atoms. The van der Waals surface area contributed by atoms with Crippen LogP contribution in [0.4, 0.5) is 0 Å². The van der Waals surface area contributed by atoms with Crippen molar-refractivity contribution in [2.24, 2.45) is 0 Å². The molecule has 0 saturated carbocycles. The topological polar surface area (TPSA) is 44.9 Å². The quantitative estimate of drug-likeness (QED) is 0.349. The van der Waals surface area contributed by atoms with Gasteiger partial charge in [0.1, 0.15) is 0 Å². The molecule has 1 aromatic heterocycles. The van der Waals surface area contributed by atoms with Gasteiger partial charge in [-0.15, -0.1) is 0 Å². The van der Waals surface area contributed by atoms with Crippen LogP contribution in [0.1, 0.15) is 68.3 Å². The van der Waals surface area contributed by atoms with E-state index in [-0.39, 0.29) is 23.3 Å². The normalized spacial score (nSPS) is 13.6. The van der Waals surface area contributed by atoms with E-state index in [1.54, 1.807) is 0 Å². The molecule has 2 atom stereocenters. The van der Waals surface area contributed by atoms with E-state index in [0.717, 1.165) is 22.2 Å². The van der Waals surface area contributed by atoms with E-state index in [9.17, 15) is 4.79 Å². The Balaban J connectivity index is 1.64. The van der Waals surface area contributed by atoms with Crippen LogP contribution in [0.5, 0.6) is 0 Å². The van der Waals surface area contributed by atoms with Crippen LogP contribution in [0, 0.1) is 0 Å². The summed E-state index contributed by atoms with van der Waals surface area (Å²) in [6.45, 7) is 8.69. The molecule has 2 N–H and O–H groups in total. The Hall–Kier alpha value is -3.33. The Bertz CT molecular complexity index is 1180. The van der Waals surface area contributed by atoms with E-state index in [4.69, 9.17) is 0 Å². The molecule has 4 aromatic rings. The molecular formula is C29H32N2O. The van der Waals surface area contributed by atoms with Crippen LogP contribution in [0.25, 0.3) is 10.9 Å². The van der Waals surface area contributed by atoms with Crippen LogP contribution >= 0.6 is 0 Å². The monoisotopic (exact) mass is 424 g/mol. The second-order valence-electron chi connectivity index (χ2n) is 9.62. The summed E-state index contributed by atoms with van der Waals surface area (Å²) in [7, 11) is 0. The largest absolute Gasteiger partial charge is 0.361 e. The van der Waals surface area contributed by atoms with Gasteiger partial charge in [-0.3, -0.25) is 4.79 Å². The summed E-state index contributed by atoms with van der Waals surface area (Å²) in [6, 6.07) is 27.1. The number of rotatable bonds is 6. The average molecular weight is 425 g/mol. The highest BCUT2D eigenvalue weighted by atomic mass is 16.1. The lowest BCUT2D eigenvalue weighted by molar-refractivity contribution is -0.121. The van der Waals surface area contributed by atoms with Crippen molar-refractivity contribution in [3.05, 3.63) is 107 Å². The molecule has 0 radical (unpaired) electrons. The zero-order chi connectivity index (χ0) is 22.7. The summed E-state index contributed by atoms with van der Waals surface area (Å²) >= 11 is 0. The molecule has 0 bridgehead atoms. The number of carbonyl (C=O) groups excluding carboxylic acids is 1. The number of carbonyl (C=O) groups is 1. The van der Waals surface area contributed by atoms with Gasteiger partial charge in [0.2, 0.25) is 5.91 Å².